The van der Waals surface area contributed by atoms with E-state index < -0.39 is 25.0 Å². The molecule has 0 bridgehead atoms. The molecule has 160 valence electrons. The second kappa shape index (κ2) is 12.5. The van der Waals surface area contributed by atoms with Crippen LogP contribution in [0.3, 0.4) is 0 Å². The van der Waals surface area contributed by atoms with Crippen molar-refractivity contribution in [3.63, 3.8) is 0 Å². The lowest BCUT2D eigenvalue weighted by Gasteiger charge is -2.16. The fourth-order valence-corrected chi connectivity index (χ4v) is 2.19. The molecule has 0 aliphatic rings. The molecule has 0 aliphatic carbocycles. The molecule has 0 spiro atoms. The molecule has 1 rings (SSSR count). The highest BCUT2D eigenvalue weighted by Gasteiger charge is 2.40. The van der Waals surface area contributed by atoms with Gasteiger partial charge in [-0.25, -0.2) is 13.6 Å². The zero-order chi connectivity index (χ0) is 21.0. The number of urea groups is 1. The fraction of sp³-hybridized carbons (Fsp3) is 0.611. The Labute approximate surface area is 162 Å². The largest absolute Gasteiger partial charge is 0.383 e. The number of benzene rings is 1. The van der Waals surface area contributed by atoms with Gasteiger partial charge in [0, 0.05) is 25.9 Å². The van der Waals surface area contributed by atoms with E-state index in [0.717, 1.165) is 19.5 Å². The summed E-state index contributed by atoms with van der Waals surface area (Å²) in [5.74, 6) is -4.19. The van der Waals surface area contributed by atoms with Crippen LogP contribution in [0.15, 0.2) is 24.3 Å². The molecule has 0 aliphatic heterocycles. The van der Waals surface area contributed by atoms with Gasteiger partial charge in [0.15, 0.2) is 0 Å². The molecule has 0 saturated heterocycles. The molecular weight excluding hydrogens is 382 g/mol. The third-order valence-electron chi connectivity index (χ3n) is 3.75. The number of carbonyl (C=O) groups is 1. The SMILES string of the molecule is COCCN(C)CCCNC(=O)Nc1cccc(COCC(F)(F)C(F)F)c1. The maximum Gasteiger partial charge on any atom is 0.330 e. The Morgan fingerprint density at radius 3 is 2.71 bits per heavy atom. The Kier molecular flexibility index (Phi) is 10.8. The van der Waals surface area contributed by atoms with Crippen molar-refractivity contribution < 1.29 is 31.8 Å². The van der Waals surface area contributed by atoms with Gasteiger partial charge < -0.3 is 25.0 Å². The van der Waals surface area contributed by atoms with E-state index >= 15 is 0 Å². The lowest BCUT2D eigenvalue weighted by atomic mass is 10.2. The number of nitrogens with one attached hydrogen (secondary N) is 2. The van der Waals surface area contributed by atoms with Crippen molar-refractivity contribution in [1.29, 1.82) is 0 Å². The summed E-state index contributed by atoms with van der Waals surface area (Å²) in [4.78, 5) is 14.0. The normalized spacial score (nSPS) is 11.9. The fourth-order valence-electron chi connectivity index (χ4n) is 2.19. The van der Waals surface area contributed by atoms with Crippen molar-refractivity contribution in [3.05, 3.63) is 29.8 Å². The summed E-state index contributed by atoms with van der Waals surface area (Å²) in [6.07, 6.45) is -3.01. The number of likely N-dealkylation sites (N-methyl/N-ethyl adjacent to an activating group) is 1. The first-order valence-corrected chi connectivity index (χ1v) is 8.79. The Balaban J connectivity index is 2.32. The molecule has 0 unspecified atom stereocenters. The van der Waals surface area contributed by atoms with Gasteiger partial charge in [0.2, 0.25) is 0 Å². The van der Waals surface area contributed by atoms with E-state index in [2.05, 4.69) is 20.3 Å². The zero-order valence-corrected chi connectivity index (χ0v) is 16.0. The first-order valence-electron chi connectivity index (χ1n) is 8.79. The molecule has 0 radical (unpaired) electrons. The van der Waals surface area contributed by atoms with Crippen LogP contribution in [-0.2, 0) is 16.1 Å². The Morgan fingerprint density at radius 2 is 2.04 bits per heavy atom. The van der Waals surface area contributed by atoms with Gasteiger partial charge in [-0.1, -0.05) is 12.1 Å². The summed E-state index contributed by atoms with van der Waals surface area (Å²) in [7, 11) is 3.60. The zero-order valence-electron chi connectivity index (χ0n) is 16.0. The van der Waals surface area contributed by atoms with Crippen LogP contribution < -0.4 is 10.6 Å². The summed E-state index contributed by atoms with van der Waals surface area (Å²) >= 11 is 0. The highest BCUT2D eigenvalue weighted by Crippen LogP contribution is 2.23. The number of methoxy groups -OCH3 is 1. The van der Waals surface area contributed by atoms with Crippen LogP contribution in [0.4, 0.5) is 28.0 Å². The Morgan fingerprint density at radius 1 is 1.29 bits per heavy atom. The van der Waals surface area contributed by atoms with E-state index in [1.54, 1.807) is 25.3 Å². The van der Waals surface area contributed by atoms with Crippen LogP contribution in [0.2, 0.25) is 0 Å². The number of nitrogens with zero attached hydrogens (tertiary/aromatic N) is 1. The summed E-state index contributed by atoms with van der Waals surface area (Å²) < 4.78 is 59.4. The van der Waals surface area contributed by atoms with Crippen molar-refractivity contribution >= 4 is 11.7 Å². The van der Waals surface area contributed by atoms with Gasteiger partial charge in [0.25, 0.3) is 0 Å². The third-order valence-corrected chi connectivity index (χ3v) is 3.75. The Hall–Kier alpha value is -1.91. The maximum atomic E-state index is 12.8. The van der Waals surface area contributed by atoms with Gasteiger partial charge in [-0.3, -0.25) is 0 Å². The molecule has 1 aromatic carbocycles. The lowest BCUT2D eigenvalue weighted by molar-refractivity contribution is -0.168. The van der Waals surface area contributed by atoms with Crippen molar-refractivity contribution in [2.24, 2.45) is 0 Å². The molecule has 2 amide bonds. The van der Waals surface area contributed by atoms with E-state index in [1.807, 2.05) is 7.05 Å². The average molecular weight is 409 g/mol. The standard InChI is InChI=1S/C18H27F4N3O3/c1-25(9-10-27-2)8-4-7-23-17(26)24-15-6-3-5-14(11-15)12-28-13-18(21,22)16(19)20/h3,5-6,11,16H,4,7-10,12-13H2,1-2H3,(H2,23,24,26). The number of hydrogen-bond donors (Lipinski definition) is 2. The van der Waals surface area contributed by atoms with Crippen LogP contribution in [0.5, 0.6) is 0 Å². The molecule has 6 nitrogen and oxygen atoms in total. The molecule has 28 heavy (non-hydrogen) atoms. The number of amides is 2. The topological polar surface area (TPSA) is 62.8 Å². The summed E-state index contributed by atoms with van der Waals surface area (Å²) in [6, 6.07) is 5.93. The predicted molar refractivity (Wildman–Crippen MR) is 98.1 cm³/mol. The van der Waals surface area contributed by atoms with Crippen LogP contribution >= 0.6 is 0 Å². The van der Waals surface area contributed by atoms with Crippen molar-refractivity contribution in [3.8, 4) is 0 Å². The first-order chi connectivity index (χ1) is 13.2. The Bertz CT molecular complexity index is 591. The summed E-state index contributed by atoms with van der Waals surface area (Å²) in [6.45, 7) is 1.09. The molecule has 2 N–H and O–H groups in total. The quantitative estimate of drug-likeness (QED) is 0.388. The molecule has 0 saturated carbocycles. The number of ether oxygens (including phenoxy) is 2. The highest BCUT2D eigenvalue weighted by atomic mass is 19.3. The van der Waals surface area contributed by atoms with E-state index in [0.29, 0.717) is 24.4 Å². The number of carbonyl (C=O) groups excluding carboxylic acids is 1. The van der Waals surface area contributed by atoms with Crippen molar-refractivity contribution in [2.75, 3.05) is 52.3 Å². The third kappa shape index (κ3) is 9.86. The number of halogens is 4. The molecule has 0 atom stereocenters. The van der Waals surface area contributed by atoms with Gasteiger partial charge in [0.05, 0.1) is 13.2 Å². The maximum absolute atomic E-state index is 12.8. The second-order valence-electron chi connectivity index (χ2n) is 6.29. The van der Waals surface area contributed by atoms with E-state index in [4.69, 9.17) is 4.74 Å². The second-order valence-corrected chi connectivity index (χ2v) is 6.29. The first kappa shape index (κ1) is 24.1. The minimum Gasteiger partial charge on any atom is -0.383 e. The van der Waals surface area contributed by atoms with Crippen LogP contribution in [0, 0.1) is 0 Å². The summed E-state index contributed by atoms with van der Waals surface area (Å²) in [5, 5.41) is 5.34. The predicted octanol–water partition coefficient (Wildman–Crippen LogP) is 3.19. The van der Waals surface area contributed by atoms with Gasteiger partial charge >= 0.3 is 18.4 Å². The van der Waals surface area contributed by atoms with Crippen LogP contribution in [0.1, 0.15) is 12.0 Å². The minimum atomic E-state index is -4.19. The van der Waals surface area contributed by atoms with Gasteiger partial charge in [-0.15, -0.1) is 0 Å². The number of hydrogen-bond acceptors (Lipinski definition) is 4. The monoisotopic (exact) mass is 409 g/mol. The van der Waals surface area contributed by atoms with Crippen LogP contribution in [0.25, 0.3) is 0 Å². The van der Waals surface area contributed by atoms with Gasteiger partial charge in [-0.05, 0) is 37.7 Å². The van der Waals surface area contributed by atoms with E-state index in [1.165, 1.54) is 6.07 Å². The van der Waals surface area contributed by atoms with Gasteiger partial charge in [-0.2, -0.15) is 8.78 Å². The number of anilines is 1. The van der Waals surface area contributed by atoms with Crippen LogP contribution in [-0.4, -0.2) is 70.3 Å². The summed E-state index contributed by atoms with van der Waals surface area (Å²) in [5.41, 5.74) is 0.916. The molecule has 1 aromatic rings. The smallest absolute Gasteiger partial charge is 0.330 e. The average Bonchev–Trinajstić information content (AvgIpc) is 2.63. The molecule has 0 fully saturated rings. The van der Waals surface area contributed by atoms with Crippen molar-refractivity contribution in [2.45, 2.75) is 25.4 Å². The molecule has 0 heterocycles. The molecular formula is C18H27F4N3O3. The highest BCUT2D eigenvalue weighted by molar-refractivity contribution is 5.89. The van der Waals surface area contributed by atoms with Crippen molar-refractivity contribution in [1.82, 2.24) is 10.2 Å². The molecule has 10 heteroatoms. The lowest BCUT2D eigenvalue weighted by Crippen LogP contribution is -2.32. The molecule has 0 aromatic heterocycles. The number of alkyl halides is 4. The van der Waals surface area contributed by atoms with E-state index in [-0.39, 0.29) is 6.61 Å². The van der Waals surface area contributed by atoms with Gasteiger partial charge in [0.1, 0.15) is 6.61 Å². The van der Waals surface area contributed by atoms with E-state index in [9.17, 15) is 22.4 Å². The number of rotatable bonds is 13. The minimum absolute atomic E-state index is 0.271.